The molecule has 186 valence electrons. The van der Waals surface area contributed by atoms with Crippen LogP contribution in [0.4, 0.5) is 4.79 Å². The molecule has 2 aromatic carbocycles. The van der Waals surface area contributed by atoms with Crippen LogP contribution in [0, 0.1) is 11.8 Å². The van der Waals surface area contributed by atoms with E-state index >= 15 is 0 Å². The van der Waals surface area contributed by atoms with Crippen LogP contribution in [0.5, 0.6) is 0 Å². The lowest BCUT2D eigenvalue weighted by atomic mass is 9.97. The minimum atomic E-state index is -1.07. The van der Waals surface area contributed by atoms with Gasteiger partial charge in [0, 0.05) is 25.0 Å². The first kappa shape index (κ1) is 24.7. The zero-order valence-electron chi connectivity index (χ0n) is 20.0. The summed E-state index contributed by atoms with van der Waals surface area (Å²) in [6.45, 7) is 4.44. The van der Waals surface area contributed by atoms with Crippen LogP contribution < -0.4 is 10.6 Å². The monoisotopic (exact) mass is 480 g/mol. The van der Waals surface area contributed by atoms with Crippen molar-refractivity contribution in [1.82, 2.24) is 10.6 Å². The van der Waals surface area contributed by atoms with E-state index in [0.29, 0.717) is 19.4 Å². The normalized spacial score (nSPS) is 20.4. The van der Waals surface area contributed by atoms with Crippen LogP contribution in [-0.2, 0) is 19.1 Å². The van der Waals surface area contributed by atoms with Crippen molar-refractivity contribution in [3.05, 3.63) is 59.7 Å². The second-order valence-electron chi connectivity index (χ2n) is 9.26. The predicted molar refractivity (Wildman–Crippen MR) is 130 cm³/mol. The molecule has 2 aliphatic rings. The Morgan fingerprint density at radius 3 is 2.31 bits per heavy atom. The van der Waals surface area contributed by atoms with Gasteiger partial charge in [0.1, 0.15) is 18.8 Å². The molecule has 0 spiro atoms. The Balaban J connectivity index is 1.31. The number of alkyl carbamates (subject to hydrolysis) is 1. The molecule has 2 aromatic rings. The molecule has 4 rings (SSSR count). The number of carboxylic acids is 1. The summed E-state index contributed by atoms with van der Waals surface area (Å²) in [7, 11) is 0. The van der Waals surface area contributed by atoms with Crippen LogP contribution in [0.3, 0.4) is 0 Å². The molecular formula is C27H32N2O6. The number of fused-ring (bicyclic) bond motifs is 3. The van der Waals surface area contributed by atoms with Crippen LogP contribution in [0.25, 0.3) is 11.1 Å². The van der Waals surface area contributed by atoms with Crippen molar-refractivity contribution < 1.29 is 29.0 Å². The van der Waals surface area contributed by atoms with Gasteiger partial charge < -0.3 is 25.2 Å². The summed E-state index contributed by atoms with van der Waals surface area (Å²) in [4.78, 5) is 36.8. The van der Waals surface area contributed by atoms with Crippen molar-refractivity contribution in [3.8, 4) is 11.1 Å². The molecule has 3 N–H and O–H groups in total. The van der Waals surface area contributed by atoms with Gasteiger partial charge >= 0.3 is 12.1 Å². The van der Waals surface area contributed by atoms with Gasteiger partial charge in [-0.3, -0.25) is 4.79 Å². The Kier molecular flexibility index (Phi) is 7.70. The second-order valence-corrected chi connectivity index (χ2v) is 9.26. The summed E-state index contributed by atoms with van der Waals surface area (Å²) in [6, 6.07) is 15.3. The fraction of sp³-hybridized carbons (Fsp3) is 0.444. The highest BCUT2D eigenvalue weighted by molar-refractivity contribution is 5.87. The second kappa shape index (κ2) is 10.9. The lowest BCUT2D eigenvalue weighted by molar-refractivity contribution is -0.145. The third kappa shape index (κ3) is 5.32. The highest BCUT2D eigenvalue weighted by Gasteiger charge is 2.37. The molecule has 1 fully saturated rings. The van der Waals surface area contributed by atoms with E-state index in [1.165, 1.54) is 0 Å². The molecule has 0 saturated carbocycles. The first-order valence-corrected chi connectivity index (χ1v) is 12.1. The molecule has 2 amide bonds. The first-order chi connectivity index (χ1) is 16.9. The van der Waals surface area contributed by atoms with Crippen LogP contribution in [0.1, 0.15) is 43.7 Å². The molecule has 8 nitrogen and oxygen atoms in total. The number of hydrogen-bond acceptors (Lipinski definition) is 5. The largest absolute Gasteiger partial charge is 0.480 e. The number of hydrogen-bond donors (Lipinski definition) is 3. The Hall–Kier alpha value is -3.39. The molecule has 35 heavy (non-hydrogen) atoms. The van der Waals surface area contributed by atoms with Crippen LogP contribution >= 0.6 is 0 Å². The van der Waals surface area contributed by atoms with E-state index in [0.717, 1.165) is 22.3 Å². The van der Waals surface area contributed by atoms with Crippen molar-refractivity contribution in [2.24, 2.45) is 11.8 Å². The lowest BCUT2D eigenvalue weighted by Gasteiger charge is -2.24. The number of benzene rings is 2. The Labute approximate surface area is 205 Å². The lowest BCUT2D eigenvalue weighted by Crippen LogP contribution is -2.50. The van der Waals surface area contributed by atoms with Gasteiger partial charge in [-0.2, -0.15) is 0 Å². The zero-order chi connectivity index (χ0) is 24.9. The van der Waals surface area contributed by atoms with Gasteiger partial charge in [0.25, 0.3) is 0 Å². The van der Waals surface area contributed by atoms with Crippen molar-refractivity contribution >= 4 is 18.0 Å². The minimum absolute atomic E-state index is 0.0324. The quantitative estimate of drug-likeness (QED) is 0.506. The van der Waals surface area contributed by atoms with Crippen LogP contribution in [0.15, 0.2) is 48.5 Å². The molecule has 0 radical (unpaired) electrons. The number of carboxylic acid groups (broad SMARTS) is 1. The van der Waals surface area contributed by atoms with E-state index in [2.05, 4.69) is 34.9 Å². The fourth-order valence-electron chi connectivity index (χ4n) is 4.92. The van der Waals surface area contributed by atoms with Gasteiger partial charge in [-0.25, -0.2) is 9.59 Å². The highest BCUT2D eigenvalue weighted by atomic mass is 16.5. The Morgan fingerprint density at radius 2 is 1.71 bits per heavy atom. The fourth-order valence-corrected chi connectivity index (χ4v) is 4.92. The van der Waals surface area contributed by atoms with E-state index in [4.69, 9.17) is 9.47 Å². The van der Waals surface area contributed by atoms with E-state index < -0.39 is 30.1 Å². The Morgan fingerprint density at radius 1 is 1.09 bits per heavy atom. The predicted octanol–water partition coefficient (Wildman–Crippen LogP) is 3.55. The molecular weight excluding hydrogens is 448 g/mol. The third-order valence-electron chi connectivity index (χ3n) is 7.10. The summed E-state index contributed by atoms with van der Waals surface area (Å²) in [6.07, 6.45) is -0.158. The van der Waals surface area contributed by atoms with Gasteiger partial charge in [-0.15, -0.1) is 0 Å². The van der Waals surface area contributed by atoms with Gasteiger partial charge in [-0.05, 0) is 34.6 Å². The number of carbonyl (C=O) groups is 3. The van der Waals surface area contributed by atoms with Gasteiger partial charge in [0.15, 0.2) is 0 Å². The molecule has 0 bridgehead atoms. The average Bonchev–Trinajstić information content (AvgIpc) is 3.47. The first-order valence-electron chi connectivity index (χ1n) is 12.1. The molecule has 1 aliphatic heterocycles. The number of ether oxygens (including phenoxy) is 2. The number of rotatable bonds is 9. The maximum atomic E-state index is 12.7. The van der Waals surface area contributed by atoms with Gasteiger partial charge in [-0.1, -0.05) is 68.8 Å². The average molecular weight is 481 g/mol. The molecule has 0 unspecified atom stereocenters. The SMILES string of the molecule is CC[C@H](C)[C@H](NC(=O)[C@H]1OCC[C@H]1CNC(=O)OCC1c2ccccc2-c2ccccc21)C(=O)O. The van der Waals surface area contributed by atoms with Crippen LogP contribution in [-0.4, -0.2) is 55.0 Å². The van der Waals surface area contributed by atoms with Gasteiger partial charge in [0.2, 0.25) is 5.91 Å². The number of aliphatic carboxylic acids is 1. The van der Waals surface area contributed by atoms with Gasteiger partial charge in [0.05, 0.1) is 0 Å². The van der Waals surface area contributed by atoms with E-state index in [1.807, 2.05) is 31.2 Å². The highest BCUT2D eigenvalue weighted by Crippen LogP contribution is 2.44. The summed E-state index contributed by atoms with van der Waals surface area (Å²) in [5.74, 6) is -2.04. The van der Waals surface area contributed by atoms with Crippen molar-refractivity contribution in [2.75, 3.05) is 19.8 Å². The number of amides is 2. The topological polar surface area (TPSA) is 114 Å². The molecule has 8 heteroatoms. The van der Waals surface area contributed by atoms with Crippen molar-refractivity contribution in [1.29, 1.82) is 0 Å². The van der Waals surface area contributed by atoms with E-state index in [-0.39, 0.29) is 30.9 Å². The minimum Gasteiger partial charge on any atom is -0.480 e. The summed E-state index contributed by atoms with van der Waals surface area (Å²) in [5, 5.41) is 14.8. The molecule has 1 heterocycles. The molecule has 1 saturated heterocycles. The molecule has 1 aliphatic carbocycles. The standard InChI is InChI=1S/C27H32N2O6/c1-3-16(2)23(26(31)32)29-25(30)24-17(12-13-34-24)14-28-27(33)35-15-22-20-10-6-4-8-18(20)19-9-5-7-11-21(19)22/h4-11,16-17,22-24H,3,12-15H2,1-2H3,(H,28,33)(H,29,30)(H,31,32)/t16-,17-,23-,24-/m0/s1. The zero-order valence-corrected chi connectivity index (χ0v) is 20.0. The third-order valence-corrected chi connectivity index (χ3v) is 7.10. The van der Waals surface area contributed by atoms with Crippen molar-refractivity contribution in [3.63, 3.8) is 0 Å². The Bertz CT molecular complexity index is 1040. The maximum Gasteiger partial charge on any atom is 0.407 e. The molecule has 0 aromatic heterocycles. The van der Waals surface area contributed by atoms with E-state index in [1.54, 1.807) is 6.92 Å². The molecule has 4 atom stereocenters. The maximum absolute atomic E-state index is 12.7. The number of carbonyl (C=O) groups excluding carboxylic acids is 2. The van der Waals surface area contributed by atoms with Crippen LogP contribution in [0.2, 0.25) is 0 Å². The summed E-state index contributed by atoms with van der Waals surface area (Å²) < 4.78 is 11.1. The summed E-state index contributed by atoms with van der Waals surface area (Å²) >= 11 is 0. The summed E-state index contributed by atoms with van der Waals surface area (Å²) in [5.41, 5.74) is 4.59. The number of nitrogens with one attached hydrogen (secondary N) is 2. The van der Waals surface area contributed by atoms with E-state index in [9.17, 15) is 19.5 Å². The van der Waals surface area contributed by atoms with Crippen molar-refractivity contribution in [2.45, 2.75) is 44.8 Å². The smallest absolute Gasteiger partial charge is 0.407 e.